The summed E-state index contributed by atoms with van der Waals surface area (Å²) in [5.74, 6) is -1.75. The molecule has 0 aromatic heterocycles. The number of aldehydes is 2. The second-order valence-corrected chi connectivity index (χ2v) is 23.2. The van der Waals surface area contributed by atoms with Crippen LogP contribution in [0, 0.1) is 5.92 Å². The van der Waals surface area contributed by atoms with Gasteiger partial charge in [0, 0.05) is 96.9 Å². The zero-order valence-corrected chi connectivity index (χ0v) is 63.1. The first-order chi connectivity index (χ1) is 53.6. The normalized spacial score (nSPS) is 16.0. The largest absolute Gasteiger partial charge is 0.463 e. The summed E-state index contributed by atoms with van der Waals surface area (Å²) in [6.45, 7) is 22.8. The van der Waals surface area contributed by atoms with Crippen LogP contribution in [0.3, 0.4) is 0 Å². The van der Waals surface area contributed by atoms with Crippen molar-refractivity contribution in [2.75, 3.05) is 143 Å². The number of nitrogens with two attached hydrogens (primary N) is 1. The number of benzene rings is 2. The molecule has 1 saturated heterocycles. The van der Waals surface area contributed by atoms with Gasteiger partial charge >= 0.3 is 6.03 Å². The molecule has 7 atom stereocenters. The van der Waals surface area contributed by atoms with E-state index in [-0.39, 0.29) is 86.6 Å². The molecule has 0 spiro atoms. The molecule has 0 saturated carbocycles. The van der Waals surface area contributed by atoms with Gasteiger partial charge in [-0.15, -0.1) is 0 Å². The number of primary amides is 1. The highest BCUT2D eigenvalue weighted by atomic mass is 16.8. The number of aliphatic hydroxyl groups excluding tert-OH is 3. The summed E-state index contributed by atoms with van der Waals surface area (Å²) < 4.78 is 105. The summed E-state index contributed by atoms with van der Waals surface area (Å²) in [4.78, 5) is 125. The molecule has 34 heteroatoms. The predicted octanol–water partition coefficient (Wildman–Crippen LogP) is 4.13. The summed E-state index contributed by atoms with van der Waals surface area (Å²) >= 11 is 0. The van der Waals surface area contributed by atoms with Gasteiger partial charge < -0.3 is 119 Å². The van der Waals surface area contributed by atoms with E-state index < -0.39 is 98.8 Å². The lowest BCUT2D eigenvalue weighted by Gasteiger charge is -2.39. The fourth-order valence-electron chi connectivity index (χ4n) is 8.56. The third-order valence-electron chi connectivity index (χ3n) is 13.7. The van der Waals surface area contributed by atoms with Crippen LogP contribution in [0.15, 0.2) is 42.5 Å². The SMILES string of the molecule is [2H]C(=O)CC(=O)NCCOCCOCCC.[2H]C(=O)COCCOCCC.[2H]C(=O)OCc1cc(NC(=O)CCC(=O)CCCOCCC)ccc1OC1OC(OC=O)C(O)C(O)C1O.[2H]C(=O)OCc1ccc(NC(CCCNC(N)=O)C(=O)C(NC(=O)COCCOCCC)C(C)C)cc1.[2H]CCOCCOCCC. The van der Waals surface area contributed by atoms with Gasteiger partial charge in [0.05, 0.1) is 78.0 Å². The Morgan fingerprint density at radius 1 is 0.579 bits per heavy atom. The van der Waals surface area contributed by atoms with Crippen molar-refractivity contribution < 1.29 is 141 Å². The van der Waals surface area contributed by atoms with Crippen molar-refractivity contribution in [2.24, 2.45) is 11.7 Å². The molecule has 2 aromatic rings. The first kappa shape index (κ1) is 91.7. The van der Waals surface area contributed by atoms with Crippen molar-refractivity contribution in [1.29, 1.82) is 0 Å². The van der Waals surface area contributed by atoms with E-state index in [0.29, 0.717) is 136 Å². The van der Waals surface area contributed by atoms with Crippen molar-refractivity contribution in [2.45, 2.75) is 189 Å². The van der Waals surface area contributed by atoms with E-state index in [1.807, 2.05) is 41.5 Å². The first-order valence-electron chi connectivity index (χ1n) is 38.5. The lowest BCUT2D eigenvalue weighted by Crippen LogP contribution is -2.59. The van der Waals surface area contributed by atoms with Crippen LogP contribution in [0.2, 0.25) is 0 Å². The smallest absolute Gasteiger partial charge is 0.312 e. The number of nitrogens with one attached hydrogen (secondary N) is 5. The van der Waals surface area contributed by atoms with Gasteiger partial charge in [0.1, 0.15) is 71.5 Å². The Bertz CT molecular complexity index is 2880. The Morgan fingerprint density at radius 3 is 1.68 bits per heavy atom. The average Bonchev–Trinajstić information content (AvgIpc) is 0.801. The molecule has 34 nitrogen and oxygen atoms in total. The highest BCUT2D eigenvalue weighted by Crippen LogP contribution is 2.30. The number of hydrogen-bond donors (Lipinski definition) is 9. The summed E-state index contributed by atoms with van der Waals surface area (Å²) in [6, 6.07) is 8.95. The summed E-state index contributed by atoms with van der Waals surface area (Å²) in [7, 11) is 0. The summed E-state index contributed by atoms with van der Waals surface area (Å²) in [6.07, 6.45) is -6.36. The van der Waals surface area contributed by atoms with Crippen molar-refractivity contribution >= 4 is 78.6 Å². The molecule has 1 aliphatic heterocycles. The minimum atomic E-state index is -1.78. The van der Waals surface area contributed by atoms with Gasteiger partial charge in [-0.25, -0.2) is 4.79 Å². The quantitative estimate of drug-likeness (QED) is 0.0195. The molecule has 1 heterocycles. The van der Waals surface area contributed by atoms with Crippen LogP contribution >= 0.6 is 0 Å². The Labute approximate surface area is 636 Å². The van der Waals surface area contributed by atoms with Crippen LogP contribution in [0.1, 0.15) is 150 Å². The maximum atomic E-state index is 13.5. The fraction of sp³-hybridized carbons (Fsp3) is 0.685. The molecule has 5 amide bonds. The van der Waals surface area contributed by atoms with E-state index in [1.165, 1.54) is 18.2 Å². The lowest BCUT2D eigenvalue weighted by atomic mass is 9.92. The Morgan fingerprint density at radius 2 is 1.13 bits per heavy atom. The highest BCUT2D eigenvalue weighted by Gasteiger charge is 2.46. The lowest BCUT2D eigenvalue weighted by molar-refractivity contribution is -0.321. The number of urea groups is 1. The second kappa shape index (κ2) is 71.2. The summed E-state index contributed by atoms with van der Waals surface area (Å²) in [5, 5.41) is 43.7. The Hall–Kier alpha value is -7.71. The van der Waals surface area contributed by atoms with E-state index in [0.717, 1.165) is 51.9 Å². The number of ether oxygens (including phenoxy) is 14. The van der Waals surface area contributed by atoms with Crippen molar-refractivity contribution in [3.63, 3.8) is 0 Å². The molecule has 3 rings (SSSR count). The number of Topliss-reactive ketones (excluding diaryl/α,β-unsaturated/α-hetero) is 2. The van der Waals surface area contributed by atoms with E-state index >= 15 is 0 Å². The maximum Gasteiger partial charge on any atom is 0.312 e. The molecule has 10 N–H and O–H groups in total. The second-order valence-electron chi connectivity index (χ2n) is 23.2. The molecule has 0 bridgehead atoms. The van der Waals surface area contributed by atoms with E-state index in [4.69, 9.17) is 69.4 Å². The Balaban J connectivity index is 0. The molecular weight excluding hydrogens is 1410 g/mol. The van der Waals surface area contributed by atoms with Crippen molar-refractivity contribution in [3.8, 4) is 5.75 Å². The van der Waals surface area contributed by atoms with Gasteiger partial charge in [0.25, 0.3) is 19.4 Å². The van der Waals surface area contributed by atoms with Crippen LogP contribution in [0.5, 0.6) is 5.75 Å². The molecule has 0 radical (unpaired) electrons. The van der Waals surface area contributed by atoms with E-state index in [2.05, 4.69) is 43.0 Å². The molecule has 1 aliphatic rings. The average molecular weight is 1540 g/mol. The summed E-state index contributed by atoms with van der Waals surface area (Å²) in [5.41, 5.74) is 6.87. The number of aliphatic hydroxyl groups is 3. The third-order valence-corrected chi connectivity index (χ3v) is 13.7. The third kappa shape index (κ3) is 56.2. The van der Waals surface area contributed by atoms with Gasteiger partial charge in [0.2, 0.25) is 30.3 Å². The number of carbonyl (C=O) groups is 11. The monoisotopic (exact) mass is 1540 g/mol. The van der Waals surface area contributed by atoms with Gasteiger partial charge in [-0.1, -0.05) is 60.6 Å². The maximum absolute atomic E-state index is 13.5. The molecule has 2 aromatic carbocycles. The van der Waals surface area contributed by atoms with Gasteiger partial charge in [-0.2, -0.15) is 0 Å². The number of carbonyl (C=O) groups excluding carboxylic acids is 11. The highest BCUT2D eigenvalue weighted by molar-refractivity contribution is 5.95. The van der Waals surface area contributed by atoms with Crippen LogP contribution in [-0.2, 0) is 123 Å². The number of anilines is 2. The van der Waals surface area contributed by atoms with Gasteiger partial charge in [-0.05, 0) is 100 Å². The standard InChI is InChI=1S/C25H40N4O7.C24H33NO12.C10H19NO4.C7H14O3.C7H16O2/c1-4-12-34-13-14-35-16-22(31)29-23(18(2)3)24(32)21(6-5-11-27-25(26)33)28-20-9-7-19(8-10-20)15-36-17-30;1-2-9-33-10-3-4-17(28)6-8-19(29)25-16-5-7-18(15(11-16)12-34-13-26)36-24-22(32)20(30)21(31)23(37-24)35-14-27;1-2-6-14-8-9-15-7-4-11-10(13)3-5-12;1-2-4-9-6-7-10-5-3-8;1-3-5-9-7-6-8-4-2/h7-10,17-18,21,23,28H,4-6,11-16H2,1-3H3,(H,29,31)(H3,26,27,33);5,7,11,13-14,20-24,30-32H,2-4,6,8-10,12H2,1H3,(H,25,29);5H,2-4,6-9H2,1H3,(H,11,13);3H,2,4-7H2,1H3;3-7H2,1-2H3/i17D;13D;5D;3D;2D. The minimum Gasteiger partial charge on any atom is -0.463 e. The van der Waals surface area contributed by atoms with E-state index in [1.54, 1.807) is 24.3 Å². The van der Waals surface area contributed by atoms with Crippen LogP contribution in [0.25, 0.3) is 0 Å². The van der Waals surface area contributed by atoms with Crippen molar-refractivity contribution in [1.82, 2.24) is 16.0 Å². The molecule has 1 fully saturated rings. The van der Waals surface area contributed by atoms with Gasteiger partial charge in [0.15, 0.2) is 8.52 Å². The molecule has 107 heavy (non-hydrogen) atoms. The minimum absolute atomic E-state index is 0.0123. The molecule has 0 aliphatic carbocycles. The number of hydrogen-bond acceptors (Lipinski definition) is 29. The van der Waals surface area contributed by atoms with E-state index in [9.17, 15) is 68.1 Å². The van der Waals surface area contributed by atoms with Gasteiger partial charge in [-0.3, -0.25) is 43.1 Å². The zero-order chi connectivity index (χ0) is 84.1. The number of amides is 5. The fourth-order valence-corrected chi connectivity index (χ4v) is 8.56. The molecule has 7 unspecified atom stereocenters. The number of rotatable bonds is 58. The first-order valence-corrected chi connectivity index (χ1v) is 35.8. The molecular formula is C73H122N6O28. The predicted molar refractivity (Wildman–Crippen MR) is 391 cm³/mol. The topological polar surface area (TPSA) is 464 Å². The van der Waals surface area contributed by atoms with Crippen molar-refractivity contribution in [3.05, 3.63) is 53.6 Å². The van der Waals surface area contributed by atoms with Crippen LogP contribution in [-0.4, -0.2) is 258 Å². The molecule has 612 valence electrons. The Kier molecular flexibility index (Phi) is 61.0. The van der Waals surface area contributed by atoms with Crippen LogP contribution < -0.4 is 37.1 Å². The van der Waals surface area contributed by atoms with Crippen LogP contribution in [0.4, 0.5) is 16.2 Å². The number of ketones is 2. The zero-order valence-electron chi connectivity index (χ0n) is 68.1.